The van der Waals surface area contributed by atoms with Crippen molar-refractivity contribution in [2.24, 2.45) is 0 Å². The number of carbonyl (C=O) groups is 4. The standard InChI is InChI=1S/C22H22N2O5/c1-15(20(26)23-14-16-8-3-2-4-9-16)29-19(25)12-7-13-24-21(27)17-10-5-6-11-18(17)22(24)28/h2-6,8-11,15H,7,12-14H2,1H3,(H,23,26)/t15-/m0/s1. The first-order chi connectivity index (χ1) is 14.0. The largest absolute Gasteiger partial charge is 0.453 e. The quantitative estimate of drug-likeness (QED) is 0.548. The van der Waals surface area contributed by atoms with Crippen LogP contribution < -0.4 is 5.32 Å². The molecule has 1 heterocycles. The highest BCUT2D eigenvalue weighted by molar-refractivity contribution is 6.21. The van der Waals surface area contributed by atoms with E-state index in [-0.39, 0.29) is 37.1 Å². The number of nitrogens with one attached hydrogen (secondary N) is 1. The Morgan fingerprint density at radius 2 is 1.55 bits per heavy atom. The van der Waals surface area contributed by atoms with Gasteiger partial charge in [0, 0.05) is 19.5 Å². The minimum atomic E-state index is -0.925. The van der Waals surface area contributed by atoms with Crippen LogP contribution in [0.4, 0.5) is 0 Å². The van der Waals surface area contributed by atoms with Crippen LogP contribution in [0.3, 0.4) is 0 Å². The highest BCUT2D eigenvalue weighted by Gasteiger charge is 2.34. The summed E-state index contributed by atoms with van der Waals surface area (Å²) in [7, 11) is 0. The number of rotatable bonds is 8. The van der Waals surface area contributed by atoms with Gasteiger partial charge in [-0.1, -0.05) is 42.5 Å². The molecule has 0 fully saturated rings. The first kappa shape index (κ1) is 20.3. The van der Waals surface area contributed by atoms with Crippen LogP contribution in [-0.4, -0.2) is 41.2 Å². The van der Waals surface area contributed by atoms with Crippen molar-refractivity contribution < 1.29 is 23.9 Å². The second kappa shape index (κ2) is 9.14. The maximum absolute atomic E-state index is 12.3. The number of esters is 1. The molecule has 3 rings (SSSR count). The van der Waals surface area contributed by atoms with Gasteiger partial charge in [0.1, 0.15) is 0 Å². The molecule has 3 amide bonds. The molecule has 0 radical (unpaired) electrons. The summed E-state index contributed by atoms with van der Waals surface area (Å²) in [6.45, 7) is 1.97. The molecule has 0 saturated heterocycles. The van der Waals surface area contributed by atoms with E-state index in [4.69, 9.17) is 4.74 Å². The summed E-state index contributed by atoms with van der Waals surface area (Å²) in [6, 6.07) is 16.0. The molecular weight excluding hydrogens is 372 g/mol. The van der Waals surface area contributed by atoms with E-state index in [0.717, 1.165) is 10.5 Å². The lowest BCUT2D eigenvalue weighted by molar-refractivity contribution is -0.155. The minimum Gasteiger partial charge on any atom is -0.453 e. The van der Waals surface area contributed by atoms with E-state index >= 15 is 0 Å². The average Bonchev–Trinajstić information content (AvgIpc) is 2.97. The maximum Gasteiger partial charge on any atom is 0.306 e. The summed E-state index contributed by atoms with van der Waals surface area (Å²) in [5, 5.41) is 2.71. The molecule has 1 atom stereocenters. The van der Waals surface area contributed by atoms with Gasteiger partial charge in [0.15, 0.2) is 6.10 Å². The van der Waals surface area contributed by atoms with Gasteiger partial charge >= 0.3 is 5.97 Å². The predicted octanol–water partition coefficient (Wildman–Crippen LogP) is 2.31. The van der Waals surface area contributed by atoms with Crippen LogP contribution in [0.1, 0.15) is 46.0 Å². The number of hydrogen-bond donors (Lipinski definition) is 1. The Hall–Kier alpha value is -3.48. The summed E-state index contributed by atoms with van der Waals surface area (Å²) in [5.41, 5.74) is 1.70. The molecule has 7 heteroatoms. The number of carbonyl (C=O) groups excluding carboxylic acids is 4. The zero-order chi connectivity index (χ0) is 20.8. The second-order valence-electron chi connectivity index (χ2n) is 6.75. The van der Waals surface area contributed by atoms with E-state index in [2.05, 4.69) is 5.32 Å². The predicted molar refractivity (Wildman–Crippen MR) is 105 cm³/mol. The zero-order valence-electron chi connectivity index (χ0n) is 16.1. The second-order valence-corrected chi connectivity index (χ2v) is 6.75. The van der Waals surface area contributed by atoms with Crippen LogP contribution in [-0.2, 0) is 20.9 Å². The van der Waals surface area contributed by atoms with E-state index in [1.165, 1.54) is 6.92 Å². The van der Waals surface area contributed by atoms with Gasteiger partial charge in [-0.3, -0.25) is 24.1 Å². The lowest BCUT2D eigenvalue weighted by atomic mass is 10.1. The van der Waals surface area contributed by atoms with Gasteiger partial charge in [0.05, 0.1) is 11.1 Å². The number of imide groups is 1. The van der Waals surface area contributed by atoms with Crippen molar-refractivity contribution in [2.45, 2.75) is 32.4 Å². The Kier molecular flexibility index (Phi) is 6.39. The summed E-state index contributed by atoms with van der Waals surface area (Å²) < 4.78 is 5.14. The molecule has 1 aliphatic heterocycles. The minimum absolute atomic E-state index is 0.00368. The summed E-state index contributed by atoms with van der Waals surface area (Å²) >= 11 is 0. The summed E-state index contributed by atoms with van der Waals surface area (Å²) in [6.07, 6.45) is -0.655. The molecule has 29 heavy (non-hydrogen) atoms. The smallest absolute Gasteiger partial charge is 0.306 e. The highest BCUT2D eigenvalue weighted by atomic mass is 16.5. The first-order valence-electron chi connectivity index (χ1n) is 9.43. The summed E-state index contributed by atoms with van der Waals surface area (Å²) in [4.78, 5) is 49.7. The number of ether oxygens (including phenoxy) is 1. The third-order valence-electron chi connectivity index (χ3n) is 4.63. The topological polar surface area (TPSA) is 92.8 Å². The number of benzene rings is 2. The molecular formula is C22H22N2O5. The van der Waals surface area contributed by atoms with Crippen LogP contribution in [0.15, 0.2) is 54.6 Å². The Bertz CT molecular complexity index is 891. The fourth-order valence-electron chi connectivity index (χ4n) is 3.06. The Morgan fingerprint density at radius 3 is 2.17 bits per heavy atom. The van der Waals surface area contributed by atoms with E-state index < -0.39 is 12.1 Å². The van der Waals surface area contributed by atoms with E-state index in [0.29, 0.717) is 17.7 Å². The van der Waals surface area contributed by atoms with Gasteiger partial charge in [0.2, 0.25) is 0 Å². The molecule has 1 N–H and O–H groups in total. The lowest BCUT2D eigenvalue weighted by Gasteiger charge is -2.15. The van der Waals surface area contributed by atoms with E-state index in [9.17, 15) is 19.2 Å². The van der Waals surface area contributed by atoms with Gasteiger partial charge in [-0.05, 0) is 31.0 Å². The molecule has 150 valence electrons. The highest BCUT2D eigenvalue weighted by Crippen LogP contribution is 2.22. The SMILES string of the molecule is C[C@H](OC(=O)CCCN1C(=O)c2ccccc2C1=O)C(=O)NCc1ccccc1. The zero-order valence-corrected chi connectivity index (χ0v) is 16.1. The van der Waals surface area contributed by atoms with Crippen molar-refractivity contribution in [2.75, 3.05) is 6.54 Å². The summed E-state index contributed by atoms with van der Waals surface area (Å²) in [5.74, 6) is -1.65. The third kappa shape index (κ3) is 4.87. The fraction of sp³-hybridized carbons (Fsp3) is 0.273. The van der Waals surface area contributed by atoms with Crippen molar-refractivity contribution in [1.29, 1.82) is 0 Å². The number of fused-ring (bicyclic) bond motifs is 1. The van der Waals surface area contributed by atoms with Crippen LogP contribution >= 0.6 is 0 Å². The molecule has 2 aromatic carbocycles. The molecule has 0 aromatic heterocycles. The van der Waals surface area contributed by atoms with Crippen molar-refractivity contribution in [3.05, 3.63) is 71.3 Å². The van der Waals surface area contributed by atoms with Crippen LogP contribution in [0.2, 0.25) is 0 Å². The Morgan fingerprint density at radius 1 is 0.966 bits per heavy atom. The Balaban J connectivity index is 1.40. The molecule has 2 aromatic rings. The van der Waals surface area contributed by atoms with Crippen molar-refractivity contribution in [1.82, 2.24) is 10.2 Å². The lowest BCUT2D eigenvalue weighted by Crippen LogP contribution is -2.35. The average molecular weight is 394 g/mol. The van der Waals surface area contributed by atoms with Gasteiger partial charge in [-0.15, -0.1) is 0 Å². The monoisotopic (exact) mass is 394 g/mol. The van der Waals surface area contributed by atoms with Crippen molar-refractivity contribution in [3.63, 3.8) is 0 Å². The number of nitrogens with zero attached hydrogens (tertiary/aromatic N) is 1. The van der Waals surface area contributed by atoms with Crippen LogP contribution in [0, 0.1) is 0 Å². The molecule has 7 nitrogen and oxygen atoms in total. The van der Waals surface area contributed by atoms with Crippen molar-refractivity contribution in [3.8, 4) is 0 Å². The fourth-order valence-corrected chi connectivity index (χ4v) is 3.06. The van der Waals surface area contributed by atoms with Crippen LogP contribution in [0.25, 0.3) is 0 Å². The van der Waals surface area contributed by atoms with E-state index in [1.807, 2.05) is 30.3 Å². The van der Waals surface area contributed by atoms with E-state index in [1.54, 1.807) is 24.3 Å². The molecule has 0 spiro atoms. The van der Waals surface area contributed by atoms with Gasteiger partial charge < -0.3 is 10.1 Å². The normalized spacial score (nSPS) is 13.8. The molecule has 1 aliphatic rings. The molecule has 0 saturated carbocycles. The first-order valence-corrected chi connectivity index (χ1v) is 9.43. The Labute approximate surface area is 168 Å². The van der Waals surface area contributed by atoms with Crippen LogP contribution in [0.5, 0.6) is 0 Å². The van der Waals surface area contributed by atoms with Gasteiger partial charge in [-0.2, -0.15) is 0 Å². The molecule has 0 bridgehead atoms. The number of amides is 3. The third-order valence-corrected chi connectivity index (χ3v) is 4.63. The number of hydrogen-bond acceptors (Lipinski definition) is 5. The molecule has 0 unspecified atom stereocenters. The van der Waals surface area contributed by atoms with Gasteiger partial charge in [0.25, 0.3) is 17.7 Å². The molecule has 0 aliphatic carbocycles. The van der Waals surface area contributed by atoms with Crippen molar-refractivity contribution >= 4 is 23.7 Å². The maximum atomic E-state index is 12.3. The van der Waals surface area contributed by atoms with Gasteiger partial charge in [-0.25, -0.2) is 0 Å².